The zero-order chi connectivity index (χ0) is 31.6. The summed E-state index contributed by atoms with van der Waals surface area (Å²) in [5.74, 6) is 0. The van der Waals surface area contributed by atoms with Crippen LogP contribution in [0.4, 0.5) is 11.4 Å². The maximum absolute atomic E-state index is 2.70. The lowest BCUT2D eigenvalue weighted by molar-refractivity contribution is -0.437. The third-order valence-corrected chi connectivity index (χ3v) is 11.5. The maximum atomic E-state index is 2.70. The normalized spacial score (nSPS) is 21.2. The number of allylic oxidation sites excluding steroid dienone is 4. The molecule has 2 nitrogen and oxygen atoms in total. The van der Waals surface area contributed by atoms with Crippen LogP contribution in [0.1, 0.15) is 91.2 Å². The van der Waals surface area contributed by atoms with Crippen LogP contribution in [0.2, 0.25) is 0 Å². The molecule has 1 aliphatic carbocycles. The lowest BCUT2D eigenvalue weighted by Crippen LogP contribution is -2.41. The Kier molecular flexibility index (Phi) is 9.29. The molecule has 1 unspecified atom stereocenters. The predicted molar refractivity (Wildman–Crippen MR) is 195 cm³/mol. The van der Waals surface area contributed by atoms with Gasteiger partial charge in [-0.2, -0.15) is 4.58 Å². The second kappa shape index (κ2) is 13.2. The number of benzene rings is 3. The first-order valence-corrected chi connectivity index (χ1v) is 18.0. The summed E-state index contributed by atoms with van der Waals surface area (Å²) in [5.41, 5.74) is 10.3. The van der Waals surface area contributed by atoms with E-state index >= 15 is 0 Å². The summed E-state index contributed by atoms with van der Waals surface area (Å²) in [6.07, 6.45) is 14.4. The van der Waals surface area contributed by atoms with E-state index in [0.29, 0.717) is 6.04 Å². The second-order valence-electron chi connectivity index (χ2n) is 14.0. The third kappa shape index (κ3) is 6.01. The number of thioether (sulfide) groups is 1. The van der Waals surface area contributed by atoms with Crippen molar-refractivity contribution in [1.82, 2.24) is 0 Å². The van der Waals surface area contributed by atoms with E-state index in [2.05, 4.69) is 148 Å². The van der Waals surface area contributed by atoms with E-state index in [1.807, 2.05) is 11.8 Å². The Bertz CT molecular complexity index is 1650. The molecule has 234 valence electrons. The Morgan fingerprint density at radius 2 is 1.53 bits per heavy atom. The van der Waals surface area contributed by atoms with Gasteiger partial charge in [-0.15, -0.1) is 0 Å². The monoisotopic (exact) mass is 615 g/mol. The molecule has 0 fully saturated rings. The Balaban J connectivity index is 1.39. The van der Waals surface area contributed by atoms with Gasteiger partial charge in [0.15, 0.2) is 5.71 Å². The van der Waals surface area contributed by atoms with Crippen LogP contribution in [0.5, 0.6) is 0 Å². The maximum Gasteiger partial charge on any atom is 0.209 e. The fourth-order valence-electron chi connectivity index (χ4n) is 7.98. The number of hydrogen-bond acceptors (Lipinski definition) is 2. The summed E-state index contributed by atoms with van der Waals surface area (Å²) in [7, 11) is 0. The minimum absolute atomic E-state index is 0.0192. The van der Waals surface area contributed by atoms with Gasteiger partial charge in [0, 0.05) is 57.6 Å². The first-order chi connectivity index (χ1) is 21.8. The Morgan fingerprint density at radius 1 is 0.822 bits per heavy atom. The molecule has 3 aromatic carbocycles. The number of anilines is 1. The molecule has 2 aliphatic heterocycles. The molecule has 0 saturated heterocycles. The summed E-state index contributed by atoms with van der Waals surface area (Å²) < 4.78 is 2.57. The van der Waals surface area contributed by atoms with E-state index in [-0.39, 0.29) is 10.8 Å². The van der Waals surface area contributed by atoms with Gasteiger partial charge in [0.25, 0.3) is 0 Å². The molecule has 0 bridgehead atoms. The molecule has 45 heavy (non-hydrogen) atoms. The van der Waals surface area contributed by atoms with Gasteiger partial charge in [0.1, 0.15) is 6.54 Å². The van der Waals surface area contributed by atoms with Crippen molar-refractivity contribution in [3.8, 4) is 0 Å². The Hall–Kier alpha value is -3.30. The van der Waals surface area contributed by atoms with Crippen molar-refractivity contribution in [2.45, 2.75) is 102 Å². The van der Waals surface area contributed by atoms with Crippen molar-refractivity contribution >= 4 is 28.8 Å². The second-order valence-corrected chi connectivity index (χ2v) is 15.1. The zero-order valence-electron chi connectivity index (χ0n) is 28.3. The van der Waals surface area contributed by atoms with Crippen molar-refractivity contribution in [1.29, 1.82) is 0 Å². The van der Waals surface area contributed by atoms with Gasteiger partial charge in [0.05, 0.1) is 5.41 Å². The molecule has 1 atom stereocenters. The molecule has 2 heterocycles. The highest BCUT2D eigenvalue weighted by Crippen LogP contribution is 2.48. The van der Waals surface area contributed by atoms with Crippen molar-refractivity contribution in [3.05, 3.63) is 124 Å². The van der Waals surface area contributed by atoms with Gasteiger partial charge in [-0.3, -0.25) is 0 Å². The highest BCUT2D eigenvalue weighted by molar-refractivity contribution is 8.03. The van der Waals surface area contributed by atoms with Gasteiger partial charge in [-0.05, 0) is 80.9 Å². The number of rotatable bonds is 10. The SMILES string of the molecule is CCCN1c2ccccc2C(C)(C)C1CC=C1CCCC(C=CC2=[N+](CCC)c3ccccc3C2(C)C)=C1Sc1ccccc1. The topological polar surface area (TPSA) is 6.25 Å². The molecule has 3 aliphatic rings. The van der Waals surface area contributed by atoms with Gasteiger partial charge in [0.2, 0.25) is 5.69 Å². The van der Waals surface area contributed by atoms with E-state index in [9.17, 15) is 0 Å². The van der Waals surface area contributed by atoms with Crippen LogP contribution in [-0.2, 0) is 10.8 Å². The largest absolute Gasteiger partial charge is 0.367 e. The van der Waals surface area contributed by atoms with Crippen molar-refractivity contribution in [2.75, 3.05) is 18.0 Å². The average Bonchev–Trinajstić information content (AvgIpc) is 3.39. The van der Waals surface area contributed by atoms with Crippen LogP contribution in [0.15, 0.2) is 118 Å². The molecule has 0 radical (unpaired) electrons. The molecular formula is C42H51N2S+. The summed E-state index contributed by atoms with van der Waals surface area (Å²) in [6.45, 7) is 16.4. The lowest BCUT2D eigenvalue weighted by Gasteiger charge is -2.34. The summed E-state index contributed by atoms with van der Waals surface area (Å²) >= 11 is 1.97. The smallest absolute Gasteiger partial charge is 0.209 e. The molecule has 0 spiro atoms. The number of hydrogen-bond donors (Lipinski definition) is 0. The van der Waals surface area contributed by atoms with Gasteiger partial charge in [-0.1, -0.05) is 106 Å². The molecular weight excluding hydrogens is 565 g/mol. The summed E-state index contributed by atoms with van der Waals surface area (Å²) in [5, 5.41) is 0. The zero-order valence-corrected chi connectivity index (χ0v) is 29.1. The third-order valence-electron chi connectivity index (χ3n) is 10.3. The van der Waals surface area contributed by atoms with Crippen molar-refractivity contribution < 1.29 is 4.58 Å². The Morgan fingerprint density at radius 3 is 2.29 bits per heavy atom. The van der Waals surface area contributed by atoms with Crippen LogP contribution < -0.4 is 4.90 Å². The molecule has 6 rings (SSSR count). The Labute approximate surface area is 276 Å². The van der Waals surface area contributed by atoms with Crippen LogP contribution >= 0.6 is 11.8 Å². The van der Waals surface area contributed by atoms with Crippen LogP contribution in [0.3, 0.4) is 0 Å². The molecule has 3 heteroatoms. The molecule has 3 aromatic rings. The highest BCUT2D eigenvalue weighted by Gasteiger charge is 2.44. The van der Waals surface area contributed by atoms with Crippen molar-refractivity contribution in [3.63, 3.8) is 0 Å². The highest BCUT2D eigenvalue weighted by atomic mass is 32.2. The molecule has 0 N–H and O–H groups in total. The standard InChI is InChI=1S/C42H51N2S/c1-7-29-43-36-23-14-12-21-34(36)41(3,4)38(43)27-25-31-17-16-18-32(40(31)45-33-19-10-9-11-20-33)26-28-39-42(5,6)35-22-13-15-24-37(35)44(39)30-8-2/h9-15,19-27,39H,7-8,16-18,28-30H2,1-6H3/q+1. The minimum Gasteiger partial charge on any atom is -0.367 e. The van der Waals surface area contributed by atoms with E-state index in [1.54, 1.807) is 0 Å². The van der Waals surface area contributed by atoms with Gasteiger partial charge in [-0.25, -0.2) is 0 Å². The fraction of sp³-hybridized carbons (Fsp3) is 0.405. The molecule has 0 amide bonds. The van der Waals surface area contributed by atoms with E-state index in [0.717, 1.165) is 45.2 Å². The number of nitrogens with zero attached hydrogens (tertiary/aromatic N) is 2. The quantitative estimate of drug-likeness (QED) is 0.209. The van der Waals surface area contributed by atoms with E-state index < -0.39 is 0 Å². The average molecular weight is 616 g/mol. The first-order valence-electron chi connectivity index (χ1n) is 17.2. The van der Waals surface area contributed by atoms with Crippen LogP contribution in [0, 0.1) is 0 Å². The lowest BCUT2D eigenvalue weighted by atomic mass is 9.78. The van der Waals surface area contributed by atoms with E-state index in [4.69, 9.17) is 0 Å². The summed E-state index contributed by atoms with van der Waals surface area (Å²) in [4.78, 5) is 5.49. The van der Waals surface area contributed by atoms with Gasteiger partial charge < -0.3 is 4.90 Å². The number of para-hydroxylation sites is 2. The van der Waals surface area contributed by atoms with Crippen LogP contribution in [0.25, 0.3) is 0 Å². The first kappa shape index (κ1) is 31.7. The predicted octanol–water partition coefficient (Wildman–Crippen LogP) is 11.2. The van der Waals surface area contributed by atoms with Gasteiger partial charge >= 0.3 is 0 Å². The van der Waals surface area contributed by atoms with Crippen molar-refractivity contribution in [2.24, 2.45) is 0 Å². The molecule has 0 aromatic heterocycles. The fourth-order valence-corrected chi connectivity index (χ4v) is 9.12. The minimum atomic E-state index is -0.0192. The van der Waals surface area contributed by atoms with Crippen LogP contribution in [-0.4, -0.2) is 29.4 Å². The summed E-state index contributed by atoms with van der Waals surface area (Å²) in [6, 6.07) is 29.6. The van der Waals surface area contributed by atoms with E-state index in [1.165, 1.54) is 55.6 Å². The molecule has 0 saturated carbocycles. The number of fused-ring (bicyclic) bond motifs is 2.